The molecule has 1 aromatic carbocycles. The first kappa shape index (κ1) is 17.5. The Hall–Kier alpha value is -1.95. The van der Waals surface area contributed by atoms with E-state index < -0.39 is 0 Å². The minimum Gasteiger partial charge on any atom is -0.312 e. The van der Waals surface area contributed by atoms with Crippen molar-refractivity contribution in [1.29, 1.82) is 0 Å². The molecular formula is C20H16ClNO2S2. The van der Waals surface area contributed by atoms with Crippen molar-refractivity contribution in [2.24, 2.45) is 0 Å². The van der Waals surface area contributed by atoms with Crippen LogP contribution in [0.1, 0.15) is 48.9 Å². The van der Waals surface area contributed by atoms with E-state index in [-0.39, 0.29) is 11.7 Å². The first-order chi connectivity index (χ1) is 12.6. The lowest BCUT2D eigenvalue weighted by Crippen LogP contribution is -2.14. The monoisotopic (exact) mass is 401 g/mol. The van der Waals surface area contributed by atoms with Crippen LogP contribution in [0.4, 0.5) is 5.00 Å². The number of aryl methyl sites for hydroxylation is 1. The number of hydrogen-bond acceptors (Lipinski definition) is 4. The molecule has 1 aliphatic carbocycles. The van der Waals surface area contributed by atoms with Gasteiger partial charge in [-0.15, -0.1) is 22.7 Å². The fourth-order valence-electron chi connectivity index (χ4n) is 3.21. The highest BCUT2D eigenvalue weighted by molar-refractivity contribution is 7.17. The van der Waals surface area contributed by atoms with Gasteiger partial charge >= 0.3 is 0 Å². The normalized spacial score (nSPS) is 13.3. The standard InChI is InChI=1S/C20H16ClNO2S2/c21-13-9-7-12(8-10-13)18(23)17-14-4-1-2-5-15(14)26-20(17)22-19(24)16-6-3-11-25-16/h3,6-11H,1-2,4-5H2,(H,22,24). The van der Waals surface area contributed by atoms with Crippen molar-refractivity contribution in [3.8, 4) is 0 Å². The number of halogens is 1. The molecule has 4 rings (SSSR count). The molecule has 0 unspecified atom stereocenters. The number of anilines is 1. The molecule has 3 aromatic rings. The number of nitrogens with one attached hydrogen (secondary N) is 1. The maximum Gasteiger partial charge on any atom is 0.266 e. The van der Waals surface area contributed by atoms with Crippen LogP contribution in [0.3, 0.4) is 0 Å². The molecule has 132 valence electrons. The summed E-state index contributed by atoms with van der Waals surface area (Å²) in [6.07, 6.45) is 4.05. The van der Waals surface area contributed by atoms with E-state index >= 15 is 0 Å². The highest BCUT2D eigenvalue weighted by Gasteiger charge is 2.27. The SMILES string of the molecule is O=C(Nc1sc2c(c1C(=O)c1ccc(Cl)cc1)CCCC2)c1cccs1. The van der Waals surface area contributed by atoms with Gasteiger partial charge in [0.1, 0.15) is 5.00 Å². The summed E-state index contributed by atoms with van der Waals surface area (Å²) in [5, 5.41) is 6.10. The van der Waals surface area contributed by atoms with E-state index in [1.807, 2.05) is 11.4 Å². The molecule has 0 spiro atoms. The van der Waals surface area contributed by atoms with Crippen molar-refractivity contribution < 1.29 is 9.59 Å². The maximum atomic E-state index is 13.2. The Kier molecular flexibility index (Phi) is 4.94. The van der Waals surface area contributed by atoms with Gasteiger partial charge in [0.2, 0.25) is 0 Å². The van der Waals surface area contributed by atoms with E-state index in [9.17, 15) is 9.59 Å². The number of amides is 1. The quantitative estimate of drug-likeness (QED) is 0.559. The van der Waals surface area contributed by atoms with Gasteiger partial charge in [-0.3, -0.25) is 9.59 Å². The van der Waals surface area contributed by atoms with Crippen LogP contribution in [-0.4, -0.2) is 11.7 Å². The summed E-state index contributed by atoms with van der Waals surface area (Å²) in [6.45, 7) is 0. The average Bonchev–Trinajstić information content (AvgIpc) is 3.29. The highest BCUT2D eigenvalue weighted by atomic mass is 35.5. The molecule has 0 radical (unpaired) electrons. The Morgan fingerprint density at radius 2 is 1.81 bits per heavy atom. The van der Waals surface area contributed by atoms with Gasteiger partial charge < -0.3 is 5.32 Å². The lowest BCUT2D eigenvalue weighted by Gasteiger charge is -2.12. The predicted octanol–water partition coefficient (Wildman–Crippen LogP) is 5.83. The molecular weight excluding hydrogens is 386 g/mol. The van der Waals surface area contributed by atoms with Crippen molar-refractivity contribution in [3.05, 3.63) is 73.2 Å². The summed E-state index contributed by atoms with van der Waals surface area (Å²) >= 11 is 8.88. The third kappa shape index (κ3) is 3.34. The summed E-state index contributed by atoms with van der Waals surface area (Å²) in [6, 6.07) is 10.5. The van der Waals surface area contributed by atoms with Crippen molar-refractivity contribution in [2.75, 3.05) is 5.32 Å². The number of ketones is 1. The number of thiophene rings is 2. The maximum absolute atomic E-state index is 13.2. The third-order valence-corrected chi connectivity index (χ3v) is 6.80. The zero-order valence-corrected chi connectivity index (χ0v) is 16.3. The number of hydrogen-bond donors (Lipinski definition) is 1. The second-order valence-corrected chi connectivity index (χ2v) is 8.67. The van der Waals surface area contributed by atoms with Gasteiger partial charge in [0.25, 0.3) is 5.91 Å². The Labute approximate surface area is 164 Å². The van der Waals surface area contributed by atoms with Crippen LogP contribution in [0.2, 0.25) is 5.02 Å². The Morgan fingerprint density at radius 3 is 2.54 bits per heavy atom. The number of carbonyl (C=O) groups excluding carboxylic acids is 2. The zero-order valence-electron chi connectivity index (χ0n) is 13.9. The van der Waals surface area contributed by atoms with E-state index in [0.717, 1.165) is 31.2 Å². The predicted molar refractivity (Wildman–Crippen MR) is 108 cm³/mol. The molecule has 2 aromatic heterocycles. The molecule has 26 heavy (non-hydrogen) atoms. The summed E-state index contributed by atoms with van der Waals surface area (Å²) in [5.74, 6) is -0.216. The van der Waals surface area contributed by atoms with Crippen LogP contribution < -0.4 is 5.32 Å². The third-order valence-electron chi connectivity index (χ3n) is 4.48. The smallest absolute Gasteiger partial charge is 0.266 e. The second kappa shape index (κ2) is 7.35. The molecule has 0 saturated heterocycles. The summed E-state index contributed by atoms with van der Waals surface area (Å²) in [5.41, 5.74) is 2.34. The summed E-state index contributed by atoms with van der Waals surface area (Å²) < 4.78 is 0. The fraction of sp³-hybridized carbons (Fsp3) is 0.200. The molecule has 2 heterocycles. The zero-order chi connectivity index (χ0) is 18.1. The Bertz CT molecular complexity index is 959. The van der Waals surface area contributed by atoms with E-state index in [1.54, 1.807) is 30.3 Å². The first-order valence-electron chi connectivity index (χ1n) is 8.43. The number of rotatable bonds is 4. The molecule has 6 heteroatoms. The largest absolute Gasteiger partial charge is 0.312 e. The van der Waals surface area contributed by atoms with Gasteiger partial charge in [0, 0.05) is 15.5 Å². The van der Waals surface area contributed by atoms with Gasteiger partial charge in [-0.2, -0.15) is 0 Å². The number of benzene rings is 1. The Morgan fingerprint density at radius 1 is 1.04 bits per heavy atom. The van der Waals surface area contributed by atoms with Crippen LogP contribution in [-0.2, 0) is 12.8 Å². The first-order valence-corrected chi connectivity index (χ1v) is 10.5. The summed E-state index contributed by atoms with van der Waals surface area (Å²) in [7, 11) is 0. The minimum absolute atomic E-state index is 0.0532. The highest BCUT2D eigenvalue weighted by Crippen LogP contribution is 2.39. The van der Waals surface area contributed by atoms with Crippen LogP contribution in [0.25, 0.3) is 0 Å². The molecule has 0 saturated carbocycles. The van der Waals surface area contributed by atoms with E-state index in [4.69, 9.17) is 11.6 Å². The van der Waals surface area contributed by atoms with Crippen molar-refractivity contribution in [2.45, 2.75) is 25.7 Å². The van der Waals surface area contributed by atoms with Gasteiger partial charge in [-0.05, 0) is 67.0 Å². The van der Waals surface area contributed by atoms with Gasteiger partial charge in [-0.25, -0.2) is 0 Å². The van der Waals surface area contributed by atoms with E-state index in [1.165, 1.54) is 27.6 Å². The second-order valence-electron chi connectivity index (χ2n) is 6.18. The molecule has 0 atom stereocenters. The van der Waals surface area contributed by atoms with Gasteiger partial charge in [-0.1, -0.05) is 17.7 Å². The lowest BCUT2D eigenvalue weighted by atomic mass is 9.92. The molecule has 1 amide bonds. The molecule has 1 N–H and O–H groups in total. The number of fused-ring (bicyclic) bond motifs is 1. The molecule has 3 nitrogen and oxygen atoms in total. The molecule has 0 bridgehead atoms. The van der Waals surface area contributed by atoms with Crippen LogP contribution >= 0.6 is 34.3 Å². The molecule has 1 aliphatic rings. The fourth-order valence-corrected chi connectivity index (χ4v) is 5.24. The van der Waals surface area contributed by atoms with Crippen molar-refractivity contribution >= 4 is 51.0 Å². The van der Waals surface area contributed by atoms with Crippen LogP contribution in [0.5, 0.6) is 0 Å². The van der Waals surface area contributed by atoms with Crippen LogP contribution in [0.15, 0.2) is 41.8 Å². The average molecular weight is 402 g/mol. The minimum atomic E-state index is -0.163. The van der Waals surface area contributed by atoms with E-state index in [0.29, 0.717) is 26.0 Å². The molecule has 0 fully saturated rings. The summed E-state index contributed by atoms with van der Waals surface area (Å²) in [4.78, 5) is 27.6. The van der Waals surface area contributed by atoms with E-state index in [2.05, 4.69) is 5.32 Å². The Balaban J connectivity index is 1.74. The number of carbonyl (C=O) groups is 2. The van der Waals surface area contributed by atoms with Gasteiger partial charge in [0.15, 0.2) is 5.78 Å². The molecule has 0 aliphatic heterocycles. The lowest BCUT2D eigenvalue weighted by molar-refractivity contribution is 0.103. The van der Waals surface area contributed by atoms with Crippen LogP contribution in [0, 0.1) is 0 Å². The van der Waals surface area contributed by atoms with Crippen molar-refractivity contribution in [1.82, 2.24) is 0 Å². The van der Waals surface area contributed by atoms with Gasteiger partial charge in [0.05, 0.1) is 10.4 Å². The topological polar surface area (TPSA) is 46.2 Å². The van der Waals surface area contributed by atoms with Crippen molar-refractivity contribution in [3.63, 3.8) is 0 Å².